The highest BCUT2D eigenvalue weighted by molar-refractivity contribution is 9.10. The van der Waals surface area contributed by atoms with Gasteiger partial charge in [-0.3, -0.25) is 0 Å². The number of rotatable bonds is 4. The van der Waals surface area contributed by atoms with E-state index in [1.54, 1.807) is 25.1 Å². The molecule has 0 aliphatic carbocycles. The number of halogens is 1. The van der Waals surface area contributed by atoms with Gasteiger partial charge in [-0.25, -0.2) is 13.1 Å². The molecule has 0 aromatic heterocycles. The third-order valence-corrected chi connectivity index (χ3v) is 5.00. The number of benzene rings is 2. The van der Waals surface area contributed by atoms with E-state index in [1.165, 1.54) is 6.07 Å². The minimum absolute atomic E-state index is 0.0989. The maximum atomic E-state index is 12.3. The molecule has 20 heavy (non-hydrogen) atoms. The maximum absolute atomic E-state index is 12.3. The van der Waals surface area contributed by atoms with Gasteiger partial charge in [0.2, 0.25) is 10.0 Å². The number of para-hydroxylation sites is 1. The van der Waals surface area contributed by atoms with Crippen molar-refractivity contribution < 1.29 is 8.42 Å². The van der Waals surface area contributed by atoms with Crippen molar-refractivity contribution in [1.29, 1.82) is 0 Å². The molecule has 0 aliphatic heterocycles. The van der Waals surface area contributed by atoms with Gasteiger partial charge in [-0.05, 0) is 36.8 Å². The van der Waals surface area contributed by atoms with Crippen LogP contribution in [-0.4, -0.2) is 8.42 Å². The molecule has 0 heterocycles. The topological polar surface area (TPSA) is 72.2 Å². The van der Waals surface area contributed by atoms with E-state index in [9.17, 15) is 8.42 Å². The van der Waals surface area contributed by atoms with Gasteiger partial charge in [0.1, 0.15) is 4.90 Å². The molecule has 106 valence electrons. The highest BCUT2D eigenvalue weighted by atomic mass is 79.9. The van der Waals surface area contributed by atoms with Crippen LogP contribution in [0.2, 0.25) is 0 Å². The molecule has 6 heteroatoms. The van der Waals surface area contributed by atoms with Gasteiger partial charge in [-0.1, -0.05) is 40.2 Å². The van der Waals surface area contributed by atoms with Crippen LogP contribution >= 0.6 is 15.9 Å². The lowest BCUT2D eigenvalue weighted by molar-refractivity contribution is 0.567. The molecule has 0 spiro atoms. The van der Waals surface area contributed by atoms with E-state index in [0.717, 1.165) is 10.0 Å². The van der Waals surface area contributed by atoms with E-state index >= 15 is 0 Å². The van der Waals surface area contributed by atoms with Gasteiger partial charge >= 0.3 is 0 Å². The van der Waals surface area contributed by atoms with E-state index in [1.807, 2.05) is 24.3 Å². The molecule has 0 saturated heterocycles. The number of hydrogen-bond acceptors (Lipinski definition) is 3. The van der Waals surface area contributed by atoms with Crippen molar-refractivity contribution >= 4 is 31.6 Å². The number of sulfonamides is 1. The first kappa shape index (κ1) is 15.0. The third-order valence-electron chi connectivity index (χ3n) is 2.89. The first-order chi connectivity index (χ1) is 9.40. The minimum Gasteiger partial charge on any atom is -0.398 e. The van der Waals surface area contributed by atoms with Crippen LogP contribution in [0.1, 0.15) is 18.5 Å². The van der Waals surface area contributed by atoms with E-state index in [4.69, 9.17) is 5.73 Å². The lowest BCUT2D eigenvalue weighted by Crippen LogP contribution is -2.27. The summed E-state index contributed by atoms with van der Waals surface area (Å²) in [5, 5.41) is 0. The molecule has 0 saturated carbocycles. The summed E-state index contributed by atoms with van der Waals surface area (Å²) in [5.41, 5.74) is 6.83. The molecular weight excluding hydrogens is 340 g/mol. The zero-order valence-corrected chi connectivity index (χ0v) is 13.3. The van der Waals surface area contributed by atoms with E-state index in [2.05, 4.69) is 20.7 Å². The number of hydrogen-bond donors (Lipinski definition) is 2. The van der Waals surface area contributed by atoms with Crippen molar-refractivity contribution in [2.45, 2.75) is 17.9 Å². The normalized spacial score (nSPS) is 13.1. The molecule has 1 unspecified atom stereocenters. The molecule has 1 atom stereocenters. The Balaban J connectivity index is 2.27. The van der Waals surface area contributed by atoms with Gasteiger partial charge in [0.05, 0.1) is 5.69 Å². The summed E-state index contributed by atoms with van der Waals surface area (Å²) in [6, 6.07) is 13.6. The Labute approximate surface area is 127 Å². The van der Waals surface area contributed by atoms with Crippen LogP contribution < -0.4 is 10.5 Å². The van der Waals surface area contributed by atoms with Gasteiger partial charge in [0, 0.05) is 10.5 Å². The summed E-state index contributed by atoms with van der Waals surface area (Å²) in [5.74, 6) is 0. The van der Waals surface area contributed by atoms with Gasteiger partial charge < -0.3 is 5.73 Å². The minimum atomic E-state index is -3.64. The van der Waals surface area contributed by atoms with Crippen molar-refractivity contribution in [3.8, 4) is 0 Å². The van der Waals surface area contributed by atoms with Gasteiger partial charge in [-0.15, -0.1) is 0 Å². The van der Waals surface area contributed by atoms with Crippen LogP contribution in [0.3, 0.4) is 0 Å². The Bertz CT molecular complexity index is 717. The van der Waals surface area contributed by atoms with Crippen molar-refractivity contribution in [2.24, 2.45) is 0 Å². The van der Waals surface area contributed by atoms with E-state index < -0.39 is 10.0 Å². The Morgan fingerprint density at radius 3 is 2.50 bits per heavy atom. The van der Waals surface area contributed by atoms with Crippen LogP contribution in [-0.2, 0) is 10.0 Å². The first-order valence-electron chi connectivity index (χ1n) is 6.02. The molecule has 0 bridgehead atoms. The smallest absolute Gasteiger partial charge is 0.243 e. The van der Waals surface area contributed by atoms with Crippen LogP contribution in [0.4, 0.5) is 5.69 Å². The lowest BCUT2D eigenvalue weighted by atomic mass is 10.1. The van der Waals surface area contributed by atoms with Crippen molar-refractivity contribution in [3.05, 3.63) is 58.6 Å². The first-order valence-corrected chi connectivity index (χ1v) is 8.30. The zero-order valence-electron chi connectivity index (χ0n) is 10.9. The quantitative estimate of drug-likeness (QED) is 0.828. The Morgan fingerprint density at radius 1 is 1.15 bits per heavy atom. The number of nitrogens with one attached hydrogen (secondary N) is 1. The predicted molar refractivity (Wildman–Crippen MR) is 83.7 cm³/mol. The molecule has 0 radical (unpaired) electrons. The van der Waals surface area contributed by atoms with Gasteiger partial charge in [0.25, 0.3) is 0 Å². The predicted octanol–water partition coefficient (Wildman–Crippen LogP) is 3.07. The molecule has 2 aromatic rings. The maximum Gasteiger partial charge on any atom is 0.243 e. The van der Waals surface area contributed by atoms with Gasteiger partial charge in [-0.2, -0.15) is 0 Å². The average Bonchev–Trinajstić information content (AvgIpc) is 2.38. The SMILES string of the molecule is CC(NS(=O)(=O)c1ccccc1N)c1cccc(Br)c1. The second-order valence-electron chi connectivity index (χ2n) is 4.44. The fraction of sp³-hybridized carbons (Fsp3) is 0.143. The summed E-state index contributed by atoms with van der Waals surface area (Å²) in [6.45, 7) is 1.79. The molecule has 0 amide bonds. The summed E-state index contributed by atoms with van der Waals surface area (Å²) >= 11 is 3.37. The molecule has 2 rings (SSSR count). The Morgan fingerprint density at radius 2 is 1.85 bits per heavy atom. The number of nitrogens with two attached hydrogens (primary N) is 1. The number of anilines is 1. The summed E-state index contributed by atoms with van der Waals surface area (Å²) in [4.78, 5) is 0.0989. The molecular formula is C14H15BrN2O2S. The molecule has 0 aliphatic rings. The Kier molecular flexibility index (Phi) is 4.47. The molecule has 2 aromatic carbocycles. The standard InChI is InChI=1S/C14H15BrN2O2S/c1-10(11-5-4-6-12(15)9-11)17-20(18,19)14-8-3-2-7-13(14)16/h2-10,17H,16H2,1H3. The van der Waals surface area contributed by atoms with Gasteiger partial charge in [0.15, 0.2) is 0 Å². The Hall–Kier alpha value is -1.37. The number of nitrogen functional groups attached to an aromatic ring is 1. The molecule has 0 fully saturated rings. The zero-order chi connectivity index (χ0) is 14.8. The largest absolute Gasteiger partial charge is 0.398 e. The third kappa shape index (κ3) is 3.39. The van der Waals surface area contributed by atoms with Crippen LogP contribution in [0.15, 0.2) is 57.9 Å². The van der Waals surface area contributed by atoms with Crippen molar-refractivity contribution in [2.75, 3.05) is 5.73 Å². The second-order valence-corrected chi connectivity index (χ2v) is 7.03. The fourth-order valence-corrected chi connectivity index (χ4v) is 3.65. The lowest BCUT2D eigenvalue weighted by Gasteiger charge is -2.16. The molecule has 4 nitrogen and oxygen atoms in total. The van der Waals surface area contributed by atoms with Crippen LogP contribution in [0, 0.1) is 0 Å². The average molecular weight is 355 g/mol. The van der Waals surface area contributed by atoms with Crippen LogP contribution in [0.5, 0.6) is 0 Å². The molecule has 3 N–H and O–H groups in total. The summed E-state index contributed by atoms with van der Waals surface area (Å²) in [6.07, 6.45) is 0. The summed E-state index contributed by atoms with van der Waals surface area (Å²) in [7, 11) is -3.64. The van der Waals surface area contributed by atoms with Crippen LogP contribution in [0.25, 0.3) is 0 Å². The monoisotopic (exact) mass is 354 g/mol. The van der Waals surface area contributed by atoms with Crippen molar-refractivity contribution in [1.82, 2.24) is 4.72 Å². The second kappa shape index (κ2) is 5.95. The van der Waals surface area contributed by atoms with Crippen molar-refractivity contribution in [3.63, 3.8) is 0 Å². The van der Waals surface area contributed by atoms with E-state index in [0.29, 0.717) is 0 Å². The van der Waals surface area contributed by atoms with E-state index in [-0.39, 0.29) is 16.6 Å². The fourth-order valence-electron chi connectivity index (χ4n) is 1.87. The summed E-state index contributed by atoms with van der Waals surface area (Å²) < 4.78 is 28.2. The highest BCUT2D eigenvalue weighted by Crippen LogP contribution is 2.22. The highest BCUT2D eigenvalue weighted by Gasteiger charge is 2.20.